The maximum Gasteiger partial charge on any atom is 0.124 e. The minimum Gasteiger partial charge on any atom is -0.490 e. The van der Waals surface area contributed by atoms with Gasteiger partial charge in [-0.15, -0.1) is 0 Å². The Morgan fingerprint density at radius 2 is 2.33 bits per heavy atom. The predicted octanol–water partition coefficient (Wildman–Crippen LogP) is 2.78. The smallest absolute Gasteiger partial charge is 0.124 e. The van der Waals surface area contributed by atoms with Gasteiger partial charge in [0.25, 0.3) is 0 Å². The first-order chi connectivity index (χ1) is 10.2. The molecule has 1 aromatic rings. The van der Waals surface area contributed by atoms with Crippen LogP contribution in [0.25, 0.3) is 0 Å². The average molecular weight is 312 g/mol. The van der Waals surface area contributed by atoms with Gasteiger partial charge in [-0.2, -0.15) is 0 Å². The summed E-state index contributed by atoms with van der Waals surface area (Å²) in [5.41, 5.74) is 0.964. The van der Waals surface area contributed by atoms with Crippen molar-refractivity contribution in [2.75, 3.05) is 26.9 Å². The van der Waals surface area contributed by atoms with Crippen molar-refractivity contribution in [2.24, 2.45) is 0 Å². The highest BCUT2D eigenvalue weighted by Gasteiger charge is 2.41. The van der Waals surface area contributed by atoms with E-state index in [4.69, 9.17) is 25.8 Å². The lowest BCUT2D eigenvalue weighted by Gasteiger charge is -2.37. The summed E-state index contributed by atoms with van der Waals surface area (Å²) in [5.74, 6) is 0.912. The fourth-order valence-corrected chi connectivity index (χ4v) is 3.31. The van der Waals surface area contributed by atoms with Crippen LogP contribution in [-0.2, 0) is 16.0 Å². The molecule has 0 aromatic heterocycles. The van der Waals surface area contributed by atoms with Crippen LogP contribution in [0.3, 0.4) is 0 Å². The lowest BCUT2D eigenvalue weighted by Crippen LogP contribution is -2.44. The summed E-state index contributed by atoms with van der Waals surface area (Å²) in [7, 11) is 1.92. The third-order valence-electron chi connectivity index (χ3n) is 4.20. The van der Waals surface area contributed by atoms with Gasteiger partial charge in [-0.25, -0.2) is 0 Å². The summed E-state index contributed by atoms with van der Waals surface area (Å²) in [6.45, 7) is 2.96. The van der Waals surface area contributed by atoms with E-state index >= 15 is 0 Å². The second-order valence-corrected chi connectivity index (χ2v) is 6.29. The van der Waals surface area contributed by atoms with Gasteiger partial charge < -0.3 is 19.5 Å². The van der Waals surface area contributed by atoms with Crippen molar-refractivity contribution in [3.63, 3.8) is 0 Å². The number of hydrogen-bond acceptors (Lipinski definition) is 4. The van der Waals surface area contributed by atoms with Crippen LogP contribution >= 0.6 is 11.6 Å². The normalized spacial score (nSPS) is 29.0. The highest BCUT2D eigenvalue weighted by Crippen LogP contribution is 2.35. The van der Waals surface area contributed by atoms with E-state index in [1.54, 1.807) is 0 Å². The molecule has 1 aromatic carbocycles. The molecule has 2 aliphatic heterocycles. The Labute approximate surface area is 130 Å². The summed E-state index contributed by atoms with van der Waals surface area (Å²) < 4.78 is 17.7. The van der Waals surface area contributed by atoms with Crippen molar-refractivity contribution in [3.05, 3.63) is 28.8 Å². The van der Waals surface area contributed by atoms with Crippen LogP contribution in [0.4, 0.5) is 0 Å². The molecule has 0 saturated carbocycles. The zero-order valence-electron chi connectivity index (χ0n) is 12.4. The Kier molecular flexibility index (Phi) is 4.69. The Bertz CT molecular complexity index is 488. The Hall–Kier alpha value is -0.810. The van der Waals surface area contributed by atoms with Crippen LogP contribution in [0.5, 0.6) is 5.75 Å². The highest BCUT2D eigenvalue weighted by atomic mass is 35.5. The maximum atomic E-state index is 6.25. The first-order valence-corrected chi connectivity index (χ1v) is 7.90. The van der Waals surface area contributed by atoms with Gasteiger partial charge in [-0.3, -0.25) is 0 Å². The second-order valence-electron chi connectivity index (χ2n) is 5.85. The van der Waals surface area contributed by atoms with Crippen LogP contribution in [0.1, 0.15) is 24.8 Å². The van der Waals surface area contributed by atoms with Crippen LogP contribution in [-0.4, -0.2) is 38.6 Å². The molecule has 1 spiro atoms. The molecule has 2 unspecified atom stereocenters. The molecule has 2 fully saturated rings. The largest absolute Gasteiger partial charge is 0.490 e. The zero-order valence-corrected chi connectivity index (χ0v) is 13.1. The summed E-state index contributed by atoms with van der Waals surface area (Å²) in [5, 5.41) is 3.89. The quantitative estimate of drug-likeness (QED) is 0.928. The fraction of sp³-hybridized carbons (Fsp3) is 0.625. The van der Waals surface area contributed by atoms with Gasteiger partial charge in [-0.05, 0) is 25.2 Å². The van der Waals surface area contributed by atoms with Gasteiger partial charge >= 0.3 is 0 Å². The number of ether oxygens (including phenoxy) is 3. The first kappa shape index (κ1) is 15.1. The molecular weight excluding hydrogens is 290 g/mol. The van der Waals surface area contributed by atoms with Crippen molar-refractivity contribution < 1.29 is 14.2 Å². The molecule has 0 radical (unpaired) electrons. The van der Waals surface area contributed by atoms with E-state index in [1.165, 1.54) is 0 Å². The minimum absolute atomic E-state index is 0.126. The molecule has 0 amide bonds. The number of hydrogen-bond donors (Lipinski definition) is 1. The first-order valence-electron chi connectivity index (χ1n) is 7.52. The van der Waals surface area contributed by atoms with Crippen molar-refractivity contribution in [1.82, 2.24) is 5.32 Å². The minimum atomic E-state index is -0.126. The van der Waals surface area contributed by atoms with Gasteiger partial charge in [0, 0.05) is 43.0 Å². The lowest BCUT2D eigenvalue weighted by molar-refractivity contribution is -0.112. The molecule has 0 bridgehead atoms. The van der Waals surface area contributed by atoms with E-state index in [-0.39, 0.29) is 11.7 Å². The number of benzene rings is 1. The molecule has 2 atom stereocenters. The van der Waals surface area contributed by atoms with E-state index in [1.807, 2.05) is 25.2 Å². The van der Waals surface area contributed by atoms with Gasteiger partial charge in [0.2, 0.25) is 0 Å². The van der Waals surface area contributed by atoms with Crippen molar-refractivity contribution in [2.45, 2.75) is 37.5 Å². The van der Waals surface area contributed by atoms with E-state index in [2.05, 4.69) is 5.32 Å². The van der Waals surface area contributed by atoms with E-state index in [9.17, 15) is 0 Å². The topological polar surface area (TPSA) is 39.7 Å². The molecule has 2 saturated heterocycles. The van der Waals surface area contributed by atoms with Crippen molar-refractivity contribution in [3.8, 4) is 5.75 Å². The zero-order chi connectivity index (χ0) is 14.7. The molecule has 4 nitrogen and oxygen atoms in total. The average Bonchev–Trinajstić information content (AvgIpc) is 2.90. The molecule has 116 valence electrons. The molecule has 2 aliphatic rings. The number of nitrogens with one attached hydrogen (secondary N) is 1. The SMILES string of the molecule is CNCc1cc(Cl)ccc1OC1CCOC2(CCOC2)C1. The monoisotopic (exact) mass is 311 g/mol. The van der Waals surface area contributed by atoms with Gasteiger partial charge in [0.05, 0.1) is 18.8 Å². The van der Waals surface area contributed by atoms with E-state index in [0.29, 0.717) is 6.61 Å². The highest BCUT2D eigenvalue weighted by molar-refractivity contribution is 6.30. The molecule has 5 heteroatoms. The Morgan fingerprint density at radius 1 is 1.43 bits per heavy atom. The van der Waals surface area contributed by atoms with Crippen LogP contribution in [0.2, 0.25) is 5.02 Å². The maximum absolute atomic E-state index is 6.25. The molecule has 2 heterocycles. The van der Waals surface area contributed by atoms with Crippen molar-refractivity contribution in [1.29, 1.82) is 0 Å². The van der Waals surface area contributed by atoms with Crippen LogP contribution in [0, 0.1) is 0 Å². The molecule has 1 N–H and O–H groups in total. The second kappa shape index (κ2) is 6.53. The standard InChI is InChI=1S/C16H22ClNO3/c1-18-10-12-8-13(17)2-3-15(12)21-14-4-6-20-16(9-14)5-7-19-11-16/h2-3,8,14,18H,4-7,9-11H2,1H3. The van der Waals surface area contributed by atoms with Gasteiger partial charge in [0.15, 0.2) is 0 Å². The van der Waals surface area contributed by atoms with Crippen LogP contribution < -0.4 is 10.1 Å². The number of halogens is 1. The molecule has 21 heavy (non-hydrogen) atoms. The molecular formula is C16H22ClNO3. The molecule has 0 aliphatic carbocycles. The van der Waals surface area contributed by atoms with Crippen LogP contribution in [0.15, 0.2) is 18.2 Å². The third-order valence-corrected chi connectivity index (χ3v) is 4.43. The Morgan fingerprint density at radius 3 is 3.10 bits per heavy atom. The lowest BCUT2D eigenvalue weighted by atomic mass is 9.91. The Balaban J connectivity index is 1.71. The van der Waals surface area contributed by atoms with E-state index in [0.717, 1.165) is 55.4 Å². The summed E-state index contributed by atoms with van der Waals surface area (Å²) >= 11 is 6.07. The van der Waals surface area contributed by atoms with Gasteiger partial charge in [-0.1, -0.05) is 11.6 Å². The summed E-state index contributed by atoms with van der Waals surface area (Å²) in [6.07, 6.45) is 2.96. The van der Waals surface area contributed by atoms with Gasteiger partial charge in [0.1, 0.15) is 11.9 Å². The summed E-state index contributed by atoms with van der Waals surface area (Å²) in [4.78, 5) is 0. The predicted molar refractivity (Wildman–Crippen MR) is 82.0 cm³/mol. The fourth-order valence-electron chi connectivity index (χ4n) is 3.12. The third kappa shape index (κ3) is 3.51. The molecule has 3 rings (SSSR count). The van der Waals surface area contributed by atoms with Crippen molar-refractivity contribution >= 4 is 11.6 Å². The number of rotatable bonds is 4. The van der Waals surface area contributed by atoms with E-state index < -0.39 is 0 Å². The summed E-state index contributed by atoms with van der Waals surface area (Å²) in [6, 6.07) is 5.80.